The van der Waals surface area contributed by atoms with Crippen LogP contribution in [-0.4, -0.2) is 19.0 Å². The summed E-state index contributed by atoms with van der Waals surface area (Å²) in [6, 6.07) is 6.91. The van der Waals surface area contributed by atoms with Gasteiger partial charge in [0.15, 0.2) is 0 Å². The maximum atomic E-state index is 11.6. The quantitative estimate of drug-likeness (QED) is 0.799. The highest BCUT2D eigenvalue weighted by atomic mass is 16.2. The van der Waals surface area contributed by atoms with Crippen molar-refractivity contribution in [3.05, 3.63) is 29.3 Å². The van der Waals surface area contributed by atoms with Gasteiger partial charge in [-0.05, 0) is 42.4 Å². The molecule has 0 saturated heterocycles. The zero-order valence-electron chi connectivity index (χ0n) is 10.1. The Morgan fingerprint density at radius 1 is 1.29 bits per heavy atom. The molecule has 1 fully saturated rings. The summed E-state index contributed by atoms with van der Waals surface area (Å²) in [7, 11) is 1.86. The van der Waals surface area contributed by atoms with E-state index in [1.165, 1.54) is 11.1 Å². The first kappa shape index (κ1) is 10.8. The number of benzene rings is 1. The maximum absolute atomic E-state index is 11.6. The normalized spacial score (nSPS) is 27.6. The first-order valence-corrected chi connectivity index (χ1v) is 6.30. The third-order valence-corrected chi connectivity index (χ3v) is 4.09. The van der Waals surface area contributed by atoms with Crippen LogP contribution in [-0.2, 0) is 11.2 Å². The smallest absolute Gasteiger partial charge is 0.227 e. The lowest BCUT2D eigenvalue weighted by atomic mass is 9.75. The van der Waals surface area contributed by atoms with Gasteiger partial charge >= 0.3 is 0 Å². The summed E-state index contributed by atoms with van der Waals surface area (Å²) in [4.78, 5) is 13.4. The zero-order chi connectivity index (χ0) is 12.0. The van der Waals surface area contributed by atoms with Crippen molar-refractivity contribution >= 4 is 11.6 Å². The number of carbonyl (C=O) groups excluding carboxylic acids is 1. The van der Waals surface area contributed by atoms with Crippen LogP contribution in [0.15, 0.2) is 18.2 Å². The van der Waals surface area contributed by atoms with Gasteiger partial charge in [-0.15, -0.1) is 0 Å². The van der Waals surface area contributed by atoms with Crippen molar-refractivity contribution in [2.24, 2.45) is 5.73 Å². The second-order valence-electron chi connectivity index (χ2n) is 5.27. The summed E-state index contributed by atoms with van der Waals surface area (Å²) in [5, 5.41) is 0. The number of rotatable bonds is 1. The van der Waals surface area contributed by atoms with Gasteiger partial charge in [-0.2, -0.15) is 0 Å². The first-order valence-electron chi connectivity index (χ1n) is 6.30. The Bertz CT molecular complexity index is 463. The van der Waals surface area contributed by atoms with Crippen LogP contribution >= 0.6 is 0 Å². The van der Waals surface area contributed by atoms with Crippen molar-refractivity contribution in [3.8, 4) is 0 Å². The minimum Gasteiger partial charge on any atom is -0.328 e. The number of fused-ring (bicyclic) bond motifs is 1. The first-order chi connectivity index (χ1) is 8.15. The Morgan fingerprint density at radius 3 is 2.76 bits per heavy atom. The van der Waals surface area contributed by atoms with Crippen molar-refractivity contribution in [1.82, 2.24) is 0 Å². The lowest BCUT2D eigenvalue weighted by molar-refractivity contribution is -0.118. The molecule has 0 unspecified atom stereocenters. The molecule has 1 amide bonds. The molecule has 3 nitrogen and oxygen atoms in total. The molecule has 90 valence electrons. The highest BCUT2D eigenvalue weighted by Gasteiger charge is 2.28. The topological polar surface area (TPSA) is 46.3 Å². The van der Waals surface area contributed by atoms with E-state index in [0.29, 0.717) is 18.4 Å². The van der Waals surface area contributed by atoms with Gasteiger partial charge in [-0.25, -0.2) is 0 Å². The Morgan fingerprint density at radius 2 is 2.06 bits per heavy atom. The number of nitrogens with two attached hydrogens (primary N) is 1. The molecule has 1 aliphatic carbocycles. The second kappa shape index (κ2) is 3.84. The van der Waals surface area contributed by atoms with Crippen molar-refractivity contribution < 1.29 is 4.79 Å². The van der Waals surface area contributed by atoms with Gasteiger partial charge in [0.25, 0.3) is 0 Å². The van der Waals surface area contributed by atoms with E-state index >= 15 is 0 Å². The molecule has 0 radical (unpaired) electrons. The van der Waals surface area contributed by atoms with Crippen LogP contribution in [0.1, 0.15) is 36.3 Å². The fraction of sp³-hybridized carbons (Fsp3) is 0.500. The van der Waals surface area contributed by atoms with E-state index in [4.69, 9.17) is 5.73 Å². The van der Waals surface area contributed by atoms with Gasteiger partial charge in [0.2, 0.25) is 5.91 Å². The van der Waals surface area contributed by atoms with Crippen LogP contribution in [0.3, 0.4) is 0 Å². The molecule has 1 saturated carbocycles. The molecule has 1 heterocycles. The van der Waals surface area contributed by atoms with Crippen molar-refractivity contribution in [2.75, 3.05) is 11.9 Å². The molecule has 0 bridgehead atoms. The second-order valence-corrected chi connectivity index (χ2v) is 5.27. The predicted octanol–water partition coefficient (Wildman–Crippen LogP) is 1.80. The van der Waals surface area contributed by atoms with Crippen LogP contribution in [0, 0.1) is 0 Å². The van der Waals surface area contributed by atoms with Crippen LogP contribution < -0.4 is 10.6 Å². The molecule has 1 aromatic carbocycles. The van der Waals surface area contributed by atoms with Crippen LogP contribution in [0.4, 0.5) is 5.69 Å². The Kier molecular flexibility index (Phi) is 2.44. The number of aryl methyl sites for hydroxylation is 1. The number of hydrogen-bond acceptors (Lipinski definition) is 2. The summed E-state index contributed by atoms with van der Waals surface area (Å²) in [6.07, 6.45) is 3.73. The maximum Gasteiger partial charge on any atom is 0.227 e. The zero-order valence-corrected chi connectivity index (χ0v) is 10.1. The third-order valence-electron chi connectivity index (χ3n) is 4.09. The van der Waals surface area contributed by atoms with Crippen molar-refractivity contribution in [3.63, 3.8) is 0 Å². The van der Waals surface area contributed by atoms with Gasteiger partial charge in [0.1, 0.15) is 0 Å². The number of anilines is 1. The van der Waals surface area contributed by atoms with Gasteiger partial charge in [-0.1, -0.05) is 12.1 Å². The summed E-state index contributed by atoms with van der Waals surface area (Å²) >= 11 is 0. The Hall–Kier alpha value is -1.35. The number of amides is 1. The fourth-order valence-corrected chi connectivity index (χ4v) is 2.86. The molecule has 1 aliphatic heterocycles. The molecule has 0 spiro atoms. The third kappa shape index (κ3) is 1.75. The van der Waals surface area contributed by atoms with E-state index in [9.17, 15) is 4.79 Å². The van der Waals surface area contributed by atoms with Crippen LogP contribution in [0.5, 0.6) is 0 Å². The standard InChI is InChI=1S/C14H18N2O/c1-16-13-4-2-9(11-7-12(15)8-11)6-10(13)3-5-14(16)17/h2,4,6,11-12H,3,5,7-8,15H2,1H3. The summed E-state index contributed by atoms with van der Waals surface area (Å²) in [5.74, 6) is 0.856. The minimum atomic E-state index is 0.218. The molecule has 2 N–H and O–H groups in total. The average molecular weight is 230 g/mol. The van der Waals surface area contributed by atoms with Crippen molar-refractivity contribution in [2.45, 2.75) is 37.6 Å². The van der Waals surface area contributed by atoms with E-state index < -0.39 is 0 Å². The van der Waals surface area contributed by atoms with E-state index in [-0.39, 0.29) is 5.91 Å². The highest BCUT2D eigenvalue weighted by Crippen LogP contribution is 2.38. The minimum absolute atomic E-state index is 0.218. The Balaban J connectivity index is 1.89. The lowest BCUT2D eigenvalue weighted by Gasteiger charge is -2.34. The molecule has 1 aromatic rings. The van der Waals surface area contributed by atoms with Gasteiger partial charge in [-0.3, -0.25) is 4.79 Å². The molecule has 0 atom stereocenters. The molecular formula is C14H18N2O. The van der Waals surface area contributed by atoms with Crippen LogP contribution in [0.2, 0.25) is 0 Å². The fourth-order valence-electron chi connectivity index (χ4n) is 2.86. The monoisotopic (exact) mass is 230 g/mol. The largest absolute Gasteiger partial charge is 0.328 e. The summed E-state index contributed by atoms with van der Waals surface area (Å²) < 4.78 is 0. The molecule has 17 heavy (non-hydrogen) atoms. The molecular weight excluding hydrogens is 212 g/mol. The van der Waals surface area contributed by atoms with Crippen molar-refractivity contribution in [1.29, 1.82) is 0 Å². The highest BCUT2D eigenvalue weighted by molar-refractivity contribution is 5.95. The van der Waals surface area contributed by atoms with Gasteiger partial charge in [0.05, 0.1) is 0 Å². The van der Waals surface area contributed by atoms with E-state index in [1.807, 2.05) is 7.05 Å². The number of carbonyl (C=O) groups is 1. The summed E-state index contributed by atoms with van der Waals surface area (Å²) in [5.41, 5.74) is 9.62. The van der Waals surface area contributed by atoms with Gasteiger partial charge < -0.3 is 10.6 Å². The average Bonchev–Trinajstić information content (AvgIpc) is 2.30. The number of nitrogens with zero attached hydrogens (tertiary/aromatic N) is 1. The summed E-state index contributed by atoms with van der Waals surface area (Å²) in [6.45, 7) is 0. The number of hydrogen-bond donors (Lipinski definition) is 1. The van der Waals surface area contributed by atoms with E-state index in [2.05, 4.69) is 18.2 Å². The molecule has 3 heteroatoms. The van der Waals surface area contributed by atoms with E-state index in [1.54, 1.807) is 4.90 Å². The van der Waals surface area contributed by atoms with Crippen LogP contribution in [0.25, 0.3) is 0 Å². The Labute approximate surface area is 102 Å². The predicted molar refractivity (Wildman–Crippen MR) is 68.1 cm³/mol. The lowest BCUT2D eigenvalue weighted by Crippen LogP contribution is -2.35. The molecule has 0 aromatic heterocycles. The molecule has 3 rings (SSSR count). The van der Waals surface area contributed by atoms with Gasteiger partial charge in [0, 0.05) is 25.2 Å². The molecule has 2 aliphatic rings. The SMILES string of the molecule is CN1C(=O)CCc2cc(C3CC(N)C3)ccc21. The van der Waals surface area contributed by atoms with E-state index in [0.717, 1.165) is 24.9 Å².